The van der Waals surface area contributed by atoms with Crippen LogP contribution in [0.2, 0.25) is 0 Å². The standard InChI is InChI=1S/C13H21N3S/c1-3-12-11-5-14-4-10(11)6-16(12)7-13-9(2)15-8-17-13/h8,10-12,14H,3-7H2,1-2H3. The third kappa shape index (κ3) is 2.02. The van der Waals surface area contributed by atoms with Crippen molar-refractivity contribution in [1.82, 2.24) is 15.2 Å². The number of nitrogens with zero attached hydrogens (tertiary/aromatic N) is 2. The molecule has 4 heteroatoms. The Kier molecular flexibility index (Phi) is 3.19. The van der Waals surface area contributed by atoms with Crippen LogP contribution in [-0.2, 0) is 6.54 Å². The Morgan fingerprint density at radius 2 is 2.41 bits per heavy atom. The third-order valence-corrected chi connectivity index (χ3v) is 5.35. The molecule has 1 aromatic heterocycles. The lowest BCUT2D eigenvalue weighted by Crippen LogP contribution is -2.34. The molecule has 3 atom stereocenters. The first-order chi connectivity index (χ1) is 8.29. The Morgan fingerprint density at radius 3 is 3.12 bits per heavy atom. The average molecular weight is 251 g/mol. The van der Waals surface area contributed by atoms with Gasteiger partial charge in [0.1, 0.15) is 0 Å². The molecule has 2 fully saturated rings. The minimum absolute atomic E-state index is 0.775. The van der Waals surface area contributed by atoms with Gasteiger partial charge < -0.3 is 5.32 Å². The second kappa shape index (κ2) is 4.67. The van der Waals surface area contributed by atoms with Gasteiger partial charge in [-0.1, -0.05) is 6.92 Å². The number of nitrogens with one attached hydrogen (secondary N) is 1. The maximum Gasteiger partial charge on any atom is 0.0798 e. The van der Waals surface area contributed by atoms with Crippen LogP contribution in [0.25, 0.3) is 0 Å². The number of fused-ring (bicyclic) bond motifs is 1. The first kappa shape index (κ1) is 11.6. The fourth-order valence-electron chi connectivity index (χ4n) is 3.52. The van der Waals surface area contributed by atoms with E-state index in [2.05, 4.69) is 29.0 Å². The van der Waals surface area contributed by atoms with E-state index in [1.165, 1.54) is 36.6 Å². The molecule has 0 amide bonds. The molecule has 2 saturated heterocycles. The minimum atomic E-state index is 0.775. The van der Waals surface area contributed by atoms with Crippen LogP contribution < -0.4 is 5.32 Å². The molecule has 0 radical (unpaired) electrons. The summed E-state index contributed by atoms with van der Waals surface area (Å²) in [5, 5.41) is 3.54. The summed E-state index contributed by atoms with van der Waals surface area (Å²) >= 11 is 1.81. The van der Waals surface area contributed by atoms with Crippen molar-refractivity contribution in [3.05, 3.63) is 16.1 Å². The number of rotatable bonds is 3. The molecule has 0 aliphatic carbocycles. The molecule has 3 rings (SSSR count). The zero-order valence-electron chi connectivity index (χ0n) is 10.6. The Balaban J connectivity index is 1.73. The molecule has 1 N–H and O–H groups in total. The van der Waals surface area contributed by atoms with Gasteiger partial charge in [-0.15, -0.1) is 11.3 Å². The van der Waals surface area contributed by atoms with Crippen molar-refractivity contribution in [2.45, 2.75) is 32.9 Å². The summed E-state index contributed by atoms with van der Waals surface area (Å²) in [5.74, 6) is 1.77. The molecule has 0 spiro atoms. The first-order valence-electron chi connectivity index (χ1n) is 6.63. The van der Waals surface area contributed by atoms with Gasteiger partial charge in [0, 0.05) is 24.0 Å². The highest BCUT2D eigenvalue weighted by Crippen LogP contribution is 2.35. The van der Waals surface area contributed by atoms with Crippen LogP contribution in [0.5, 0.6) is 0 Å². The third-order valence-electron chi connectivity index (χ3n) is 4.43. The summed E-state index contributed by atoms with van der Waals surface area (Å²) in [6, 6.07) is 0.775. The lowest BCUT2D eigenvalue weighted by atomic mass is 9.93. The number of aryl methyl sites for hydroxylation is 1. The highest BCUT2D eigenvalue weighted by atomic mass is 32.1. The Hall–Kier alpha value is -0.450. The van der Waals surface area contributed by atoms with E-state index in [0.29, 0.717) is 0 Å². The van der Waals surface area contributed by atoms with Crippen molar-refractivity contribution in [3.8, 4) is 0 Å². The van der Waals surface area contributed by atoms with E-state index >= 15 is 0 Å². The quantitative estimate of drug-likeness (QED) is 0.889. The highest BCUT2D eigenvalue weighted by Gasteiger charge is 2.43. The maximum atomic E-state index is 4.36. The summed E-state index contributed by atoms with van der Waals surface area (Å²) in [6.45, 7) is 9.29. The van der Waals surface area contributed by atoms with Crippen LogP contribution >= 0.6 is 11.3 Å². The van der Waals surface area contributed by atoms with Crippen LogP contribution in [-0.4, -0.2) is 35.6 Å². The minimum Gasteiger partial charge on any atom is -0.316 e. The number of hydrogen-bond acceptors (Lipinski definition) is 4. The van der Waals surface area contributed by atoms with Gasteiger partial charge in [0.05, 0.1) is 11.2 Å². The smallest absolute Gasteiger partial charge is 0.0798 e. The van der Waals surface area contributed by atoms with Crippen molar-refractivity contribution < 1.29 is 0 Å². The van der Waals surface area contributed by atoms with Gasteiger partial charge in [-0.3, -0.25) is 4.90 Å². The van der Waals surface area contributed by atoms with Crippen LogP contribution in [0, 0.1) is 18.8 Å². The predicted molar refractivity (Wildman–Crippen MR) is 71.2 cm³/mol. The van der Waals surface area contributed by atoms with Gasteiger partial charge >= 0.3 is 0 Å². The van der Waals surface area contributed by atoms with Gasteiger partial charge in [-0.05, 0) is 38.3 Å². The number of hydrogen-bond donors (Lipinski definition) is 1. The van der Waals surface area contributed by atoms with E-state index in [1.807, 2.05) is 16.8 Å². The molecular weight excluding hydrogens is 230 g/mol. The highest BCUT2D eigenvalue weighted by molar-refractivity contribution is 7.09. The van der Waals surface area contributed by atoms with E-state index in [9.17, 15) is 0 Å². The topological polar surface area (TPSA) is 28.2 Å². The van der Waals surface area contributed by atoms with Crippen molar-refractivity contribution in [2.75, 3.05) is 19.6 Å². The van der Waals surface area contributed by atoms with Gasteiger partial charge in [-0.25, -0.2) is 4.98 Å². The SMILES string of the molecule is CCC1C2CNCC2CN1Cc1scnc1C. The molecule has 94 valence electrons. The molecule has 0 saturated carbocycles. The molecule has 17 heavy (non-hydrogen) atoms. The Labute approximate surface area is 107 Å². The fourth-order valence-corrected chi connectivity index (χ4v) is 4.32. The number of thiazole rings is 1. The lowest BCUT2D eigenvalue weighted by Gasteiger charge is -2.26. The molecule has 2 aliphatic heterocycles. The molecular formula is C13H21N3S. The van der Waals surface area contributed by atoms with E-state index in [0.717, 1.165) is 24.4 Å². The summed E-state index contributed by atoms with van der Waals surface area (Å²) in [6.07, 6.45) is 1.28. The monoisotopic (exact) mass is 251 g/mol. The zero-order valence-corrected chi connectivity index (χ0v) is 11.5. The second-order valence-electron chi connectivity index (χ2n) is 5.35. The molecule has 0 aromatic carbocycles. The molecule has 3 unspecified atom stereocenters. The van der Waals surface area contributed by atoms with Gasteiger partial charge in [0.2, 0.25) is 0 Å². The van der Waals surface area contributed by atoms with Gasteiger partial charge in [-0.2, -0.15) is 0 Å². The van der Waals surface area contributed by atoms with Crippen molar-refractivity contribution >= 4 is 11.3 Å². The van der Waals surface area contributed by atoms with Crippen molar-refractivity contribution in [3.63, 3.8) is 0 Å². The molecule has 1 aromatic rings. The van der Waals surface area contributed by atoms with Gasteiger partial charge in [0.15, 0.2) is 0 Å². The summed E-state index contributed by atoms with van der Waals surface area (Å²) in [4.78, 5) is 8.51. The fraction of sp³-hybridized carbons (Fsp3) is 0.769. The summed E-state index contributed by atoms with van der Waals surface area (Å²) < 4.78 is 0. The average Bonchev–Trinajstić information content (AvgIpc) is 2.96. The van der Waals surface area contributed by atoms with E-state index in [4.69, 9.17) is 0 Å². The molecule has 2 aliphatic rings. The normalized spacial score (nSPS) is 33.2. The van der Waals surface area contributed by atoms with Crippen LogP contribution in [0.3, 0.4) is 0 Å². The first-order valence-corrected chi connectivity index (χ1v) is 7.51. The predicted octanol–water partition coefficient (Wildman–Crippen LogP) is 1.88. The van der Waals surface area contributed by atoms with E-state index in [1.54, 1.807) is 0 Å². The lowest BCUT2D eigenvalue weighted by molar-refractivity contribution is 0.211. The summed E-state index contributed by atoms with van der Waals surface area (Å²) in [7, 11) is 0. The zero-order chi connectivity index (χ0) is 11.8. The van der Waals surface area contributed by atoms with Crippen LogP contribution in [0.15, 0.2) is 5.51 Å². The molecule has 3 heterocycles. The van der Waals surface area contributed by atoms with Crippen molar-refractivity contribution in [1.29, 1.82) is 0 Å². The van der Waals surface area contributed by atoms with Crippen LogP contribution in [0.4, 0.5) is 0 Å². The Bertz CT molecular complexity index is 390. The summed E-state index contributed by atoms with van der Waals surface area (Å²) in [5.41, 5.74) is 3.20. The number of likely N-dealkylation sites (tertiary alicyclic amines) is 1. The Morgan fingerprint density at radius 1 is 1.53 bits per heavy atom. The number of aromatic nitrogens is 1. The maximum absolute atomic E-state index is 4.36. The molecule has 0 bridgehead atoms. The van der Waals surface area contributed by atoms with Crippen LogP contribution in [0.1, 0.15) is 23.9 Å². The van der Waals surface area contributed by atoms with Gasteiger partial charge in [0.25, 0.3) is 0 Å². The van der Waals surface area contributed by atoms with E-state index in [-0.39, 0.29) is 0 Å². The second-order valence-corrected chi connectivity index (χ2v) is 6.29. The van der Waals surface area contributed by atoms with Crippen molar-refractivity contribution in [2.24, 2.45) is 11.8 Å². The molecule has 3 nitrogen and oxygen atoms in total. The largest absolute Gasteiger partial charge is 0.316 e. The van der Waals surface area contributed by atoms with E-state index < -0.39 is 0 Å².